The van der Waals surface area contributed by atoms with Gasteiger partial charge in [0, 0.05) is 29.4 Å². The minimum absolute atomic E-state index is 0.353. The standard InChI is InChI=1S/C16H24N2O2S/c17-16(19)14-11-18(8-9-20-14)10-13-6-7-15(21-13)12-4-2-1-3-5-12/h6-7,12,14H,1-5,8-11H2,(H2,17,19)/t14-/m0/s1. The maximum Gasteiger partial charge on any atom is 0.247 e. The Morgan fingerprint density at radius 3 is 2.90 bits per heavy atom. The second-order valence-corrected chi connectivity index (χ2v) is 7.34. The van der Waals surface area contributed by atoms with E-state index >= 15 is 0 Å². The molecule has 0 unspecified atom stereocenters. The summed E-state index contributed by atoms with van der Waals surface area (Å²) in [6, 6.07) is 4.56. The zero-order valence-corrected chi connectivity index (χ0v) is 13.2. The maximum atomic E-state index is 11.2. The van der Waals surface area contributed by atoms with Crippen LogP contribution in [0, 0.1) is 0 Å². The van der Waals surface area contributed by atoms with E-state index < -0.39 is 6.10 Å². The van der Waals surface area contributed by atoms with E-state index in [9.17, 15) is 4.79 Å². The molecule has 1 saturated heterocycles. The number of ether oxygens (including phenoxy) is 1. The van der Waals surface area contributed by atoms with E-state index in [0.717, 1.165) is 19.0 Å². The summed E-state index contributed by atoms with van der Waals surface area (Å²) < 4.78 is 5.39. The van der Waals surface area contributed by atoms with Gasteiger partial charge in [-0.15, -0.1) is 11.3 Å². The quantitative estimate of drug-likeness (QED) is 0.929. The molecule has 1 aromatic rings. The third-order valence-electron chi connectivity index (χ3n) is 4.54. The van der Waals surface area contributed by atoms with Crippen molar-refractivity contribution < 1.29 is 9.53 Å². The fraction of sp³-hybridized carbons (Fsp3) is 0.688. The van der Waals surface area contributed by atoms with Crippen LogP contribution in [0.2, 0.25) is 0 Å². The Kier molecular flexibility index (Phi) is 4.93. The maximum absolute atomic E-state index is 11.2. The first-order valence-corrected chi connectivity index (χ1v) is 8.76. The molecule has 2 aliphatic rings. The van der Waals surface area contributed by atoms with Gasteiger partial charge in [0.1, 0.15) is 6.10 Å². The van der Waals surface area contributed by atoms with Crippen molar-refractivity contribution in [2.75, 3.05) is 19.7 Å². The number of hydrogen-bond donors (Lipinski definition) is 1. The molecule has 1 aromatic heterocycles. The lowest BCUT2D eigenvalue weighted by Crippen LogP contribution is -2.47. The monoisotopic (exact) mass is 308 g/mol. The molecular weight excluding hydrogens is 284 g/mol. The molecule has 2 heterocycles. The number of thiophene rings is 1. The Balaban J connectivity index is 1.57. The molecule has 5 heteroatoms. The van der Waals surface area contributed by atoms with Crippen molar-refractivity contribution in [3.05, 3.63) is 21.9 Å². The normalized spacial score (nSPS) is 25.0. The molecule has 1 aliphatic carbocycles. The summed E-state index contributed by atoms with van der Waals surface area (Å²) in [6.45, 7) is 2.99. The summed E-state index contributed by atoms with van der Waals surface area (Å²) in [4.78, 5) is 16.4. The molecule has 1 aliphatic heterocycles. The molecule has 0 bridgehead atoms. The number of primary amides is 1. The van der Waals surface area contributed by atoms with Gasteiger partial charge in [0.15, 0.2) is 0 Å². The van der Waals surface area contributed by atoms with E-state index in [1.165, 1.54) is 37.0 Å². The van der Waals surface area contributed by atoms with Crippen molar-refractivity contribution in [1.82, 2.24) is 4.90 Å². The fourth-order valence-electron chi connectivity index (χ4n) is 3.32. The van der Waals surface area contributed by atoms with Gasteiger partial charge in [-0.05, 0) is 30.9 Å². The van der Waals surface area contributed by atoms with E-state index in [4.69, 9.17) is 10.5 Å². The first kappa shape index (κ1) is 15.0. The second-order valence-electron chi connectivity index (χ2n) is 6.14. The fourth-order valence-corrected chi connectivity index (χ4v) is 4.55. The third-order valence-corrected chi connectivity index (χ3v) is 5.77. The molecule has 21 heavy (non-hydrogen) atoms. The van der Waals surface area contributed by atoms with E-state index in [1.54, 1.807) is 4.88 Å². The highest BCUT2D eigenvalue weighted by atomic mass is 32.1. The van der Waals surface area contributed by atoms with E-state index in [1.807, 2.05) is 11.3 Å². The van der Waals surface area contributed by atoms with Crippen LogP contribution in [0.1, 0.15) is 47.8 Å². The summed E-state index contributed by atoms with van der Waals surface area (Å²) in [5.41, 5.74) is 5.34. The number of carbonyl (C=O) groups is 1. The summed E-state index contributed by atoms with van der Waals surface area (Å²) >= 11 is 1.94. The van der Waals surface area contributed by atoms with Crippen LogP contribution < -0.4 is 5.73 Å². The Labute approximate surface area is 130 Å². The van der Waals surface area contributed by atoms with E-state index in [0.29, 0.717) is 13.2 Å². The Morgan fingerprint density at radius 2 is 2.14 bits per heavy atom. The Morgan fingerprint density at radius 1 is 1.33 bits per heavy atom. The summed E-state index contributed by atoms with van der Waals surface area (Å²) in [5, 5.41) is 0. The van der Waals surface area contributed by atoms with Gasteiger partial charge in [-0.2, -0.15) is 0 Å². The van der Waals surface area contributed by atoms with Gasteiger partial charge >= 0.3 is 0 Å². The van der Waals surface area contributed by atoms with Crippen LogP contribution in [-0.4, -0.2) is 36.6 Å². The zero-order valence-electron chi connectivity index (χ0n) is 12.4. The van der Waals surface area contributed by atoms with Gasteiger partial charge in [0.25, 0.3) is 0 Å². The van der Waals surface area contributed by atoms with Gasteiger partial charge in [0.05, 0.1) is 6.61 Å². The molecule has 3 rings (SSSR count). The van der Waals surface area contributed by atoms with Crippen LogP contribution in [0.25, 0.3) is 0 Å². The number of nitrogens with two attached hydrogens (primary N) is 1. The zero-order chi connectivity index (χ0) is 14.7. The minimum atomic E-state index is -0.448. The number of rotatable bonds is 4. The molecule has 1 atom stereocenters. The highest BCUT2D eigenvalue weighted by Gasteiger charge is 2.25. The molecular formula is C16H24N2O2S. The molecule has 0 aromatic carbocycles. The number of morpholine rings is 1. The van der Waals surface area contributed by atoms with Crippen molar-refractivity contribution >= 4 is 17.2 Å². The highest BCUT2D eigenvalue weighted by molar-refractivity contribution is 7.12. The van der Waals surface area contributed by atoms with Crippen molar-refractivity contribution in [1.29, 1.82) is 0 Å². The second kappa shape index (κ2) is 6.90. The summed E-state index contributed by atoms with van der Waals surface area (Å²) in [5.74, 6) is 0.425. The minimum Gasteiger partial charge on any atom is -0.367 e. The average molecular weight is 308 g/mol. The van der Waals surface area contributed by atoms with Gasteiger partial charge in [-0.3, -0.25) is 9.69 Å². The molecule has 1 amide bonds. The topological polar surface area (TPSA) is 55.6 Å². The van der Waals surface area contributed by atoms with Crippen molar-refractivity contribution in [3.8, 4) is 0 Å². The molecule has 1 saturated carbocycles. The first-order valence-electron chi connectivity index (χ1n) is 7.94. The van der Waals surface area contributed by atoms with Crippen LogP contribution >= 0.6 is 11.3 Å². The van der Waals surface area contributed by atoms with Gasteiger partial charge in [-0.1, -0.05) is 19.3 Å². The van der Waals surface area contributed by atoms with E-state index in [2.05, 4.69) is 17.0 Å². The lowest BCUT2D eigenvalue weighted by Gasteiger charge is -2.30. The van der Waals surface area contributed by atoms with Crippen molar-refractivity contribution in [2.45, 2.75) is 50.7 Å². The SMILES string of the molecule is NC(=O)[C@@H]1CN(Cc2ccc(C3CCCCC3)s2)CCO1. The molecule has 0 spiro atoms. The molecule has 116 valence electrons. The van der Waals surface area contributed by atoms with E-state index in [-0.39, 0.29) is 5.91 Å². The predicted octanol–water partition coefficient (Wildman–Crippen LogP) is 2.48. The van der Waals surface area contributed by atoms with Crippen LogP contribution in [0.5, 0.6) is 0 Å². The third kappa shape index (κ3) is 3.84. The van der Waals surface area contributed by atoms with Crippen LogP contribution in [0.4, 0.5) is 0 Å². The number of nitrogens with zero attached hydrogens (tertiary/aromatic N) is 1. The average Bonchev–Trinajstić information content (AvgIpc) is 2.97. The van der Waals surface area contributed by atoms with Gasteiger partial charge < -0.3 is 10.5 Å². The van der Waals surface area contributed by atoms with Crippen molar-refractivity contribution in [2.24, 2.45) is 5.73 Å². The predicted molar refractivity (Wildman–Crippen MR) is 84.4 cm³/mol. The molecule has 2 N–H and O–H groups in total. The number of carbonyl (C=O) groups excluding carboxylic acids is 1. The molecule has 2 fully saturated rings. The lowest BCUT2D eigenvalue weighted by molar-refractivity contribution is -0.135. The number of hydrogen-bond acceptors (Lipinski definition) is 4. The van der Waals surface area contributed by atoms with Crippen LogP contribution in [-0.2, 0) is 16.1 Å². The van der Waals surface area contributed by atoms with Gasteiger partial charge in [-0.25, -0.2) is 0 Å². The molecule has 0 radical (unpaired) electrons. The summed E-state index contributed by atoms with van der Waals surface area (Å²) in [7, 11) is 0. The highest BCUT2D eigenvalue weighted by Crippen LogP contribution is 2.36. The Bertz CT molecular complexity index is 482. The van der Waals surface area contributed by atoms with Crippen LogP contribution in [0.3, 0.4) is 0 Å². The first-order chi connectivity index (χ1) is 10.2. The molecule has 4 nitrogen and oxygen atoms in total. The van der Waals surface area contributed by atoms with Crippen molar-refractivity contribution in [3.63, 3.8) is 0 Å². The van der Waals surface area contributed by atoms with Gasteiger partial charge in [0.2, 0.25) is 5.91 Å². The Hall–Kier alpha value is -0.910. The summed E-state index contributed by atoms with van der Waals surface area (Å²) in [6.07, 6.45) is 6.40. The number of amides is 1. The van der Waals surface area contributed by atoms with Crippen LogP contribution in [0.15, 0.2) is 12.1 Å². The largest absolute Gasteiger partial charge is 0.367 e. The lowest BCUT2D eigenvalue weighted by atomic mass is 9.88. The smallest absolute Gasteiger partial charge is 0.247 e.